The second kappa shape index (κ2) is 7.40. The Morgan fingerprint density at radius 3 is 2.62 bits per heavy atom. The minimum Gasteiger partial charge on any atom is -0.336 e. The van der Waals surface area contributed by atoms with Gasteiger partial charge in [0.15, 0.2) is 0 Å². The number of nitrogens with zero attached hydrogens (tertiary/aromatic N) is 8. The monoisotopic (exact) mass is 430 g/mol. The molecule has 0 spiro atoms. The summed E-state index contributed by atoms with van der Waals surface area (Å²) in [6, 6.07) is 11.7. The molecule has 0 atom stereocenters. The minimum absolute atomic E-state index is 0.00657. The number of carbonyl (C=O) groups excluding carboxylic acids is 1. The van der Waals surface area contributed by atoms with Gasteiger partial charge >= 0.3 is 0 Å². The predicted octanol–water partition coefficient (Wildman–Crippen LogP) is 2.35. The Hall–Kier alpha value is -3.82. The zero-order chi connectivity index (χ0) is 21.7. The van der Waals surface area contributed by atoms with Gasteiger partial charge in [-0.2, -0.15) is 4.68 Å². The molecule has 1 aliphatic heterocycles. The van der Waals surface area contributed by atoms with Crippen molar-refractivity contribution in [3.8, 4) is 5.69 Å². The molecule has 2 aliphatic rings. The van der Waals surface area contributed by atoms with E-state index in [9.17, 15) is 4.79 Å². The highest BCUT2D eigenvalue weighted by molar-refractivity contribution is 6.06. The maximum Gasteiger partial charge on any atom is 0.259 e. The van der Waals surface area contributed by atoms with E-state index in [2.05, 4.69) is 30.6 Å². The van der Waals surface area contributed by atoms with E-state index in [1.807, 2.05) is 48.2 Å². The molecule has 3 aromatic heterocycles. The summed E-state index contributed by atoms with van der Waals surface area (Å²) in [5.41, 5.74) is 3.62. The first-order chi connectivity index (χ1) is 15.7. The van der Waals surface area contributed by atoms with E-state index in [0.29, 0.717) is 55.0 Å². The number of aromatic nitrogens is 6. The topological polar surface area (TPSA) is 106 Å². The van der Waals surface area contributed by atoms with Gasteiger partial charge in [0.2, 0.25) is 5.95 Å². The first-order valence-electron chi connectivity index (χ1n) is 10.8. The molecule has 0 bridgehead atoms. The largest absolute Gasteiger partial charge is 0.336 e. The second-order valence-electron chi connectivity index (χ2n) is 8.32. The molecule has 1 aromatic carbocycles. The summed E-state index contributed by atoms with van der Waals surface area (Å²) >= 11 is 0. The molecule has 10 nitrogen and oxygen atoms in total. The summed E-state index contributed by atoms with van der Waals surface area (Å²) in [5.74, 6) is 1.10. The van der Waals surface area contributed by atoms with E-state index >= 15 is 0 Å². The van der Waals surface area contributed by atoms with Crippen molar-refractivity contribution in [3.05, 3.63) is 53.3 Å². The summed E-state index contributed by atoms with van der Waals surface area (Å²) in [5, 5.41) is 17.0. The van der Waals surface area contributed by atoms with E-state index < -0.39 is 0 Å². The standard InChI is InChI=1S/C22H22N8O2/c1-14-19-17(13-18(15-7-8-15)23-20(19)32-25-14)21(31)28-9-11-29(12-10-28)22-24-26-27-30(22)16-5-3-2-4-6-16/h2-6,13,15H,7-12H2,1H3. The van der Waals surface area contributed by atoms with Crippen LogP contribution in [0.15, 0.2) is 40.9 Å². The Labute approximate surface area is 183 Å². The number of para-hydroxylation sites is 1. The van der Waals surface area contributed by atoms with Crippen LogP contribution in [0.5, 0.6) is 0 Å². The van der Waals surface area contributed by atoms with Crippen LogP contribution in [-0.2, 0) is 0 Å². The van der Waals surface area contributed by atoms with Crippen LogP contribution in [0.2, 0.25) is 0 Å². The lowest BCUT2D eigenvalue weighted by Crippen LogP contribution is -2.49. The fraction of sp³-hybridized carbons (Fsp3) is 0.364. The Kier molecular flexibility index (Phi) is 4.37. The molecule has 162 valence electrons. The zero-order valence-electron chi connectivity index (χ0n) is 17.7. The highest BCUT2D eigenvalue weighted by atomic mass is 16.5. The summed E-state index contributed by atoms with van der Waals surface area (Å²) in [7, 11) is 0. The van der Waals surface area contributed by atoms with Crippen LogP contribution >= 0.6 is 0 Å². The van der Waals surface area contributed by atoms with Crippen LogP contribution in [0.4, 0.5) is 5.95 Å². The summed E-state index contributed by atoms with van der Waals surface area (Å²) in [6.45, 7) is 4.29. The number of hydrogen-bond acceptors (Lipinski definition) is 8. The van der Waals surface area contributed by atoms with Crippen LogP contribution < -0.4 is 4.90 Å². The van der Waals surface area contributed by atoms with Gasteiger partial charge in [-0.25, -0.2) is 4.98 Å². The van der Waals surface area contributed by atoms with Crippen molar-refractivity contribution in [2.45, 2.75) is 25.7 Å². The second-order valence-corrected chi connectivity index (χ2v) is 8.32. The van der Waals surface area contributed by atoms with Crippen molar-refractivity contribution < 1.29 is 9.32 Å². The fourth-order valence-corrected chi connectivity index (χ4v) is 4.27. The van der Waals surface area contributed by atoms with Crippen molar-refractivity contribution in [1.29, 1.82) is 0 Å². The van der Waals surface area contributed by atoms with Crippen LogP contribution in [0.1, 0.15) is 40.5 Å². The molecule has 0 N–H and O–H groups in total. The number of carbonyl (C=O) groups is 1. The Balaban J connectivity index is 1.24. The number of benzene rings is 1. The average molecular weight is 430 g/mol. The molecule has 1 saturated heterocycles. The number of hydrogen-bond donors (Lipinski definition) is 0. The number of pyridine rings is 1. The van der Waals surface area contributed by atoms with Crippen LogP contribution in [-0.4, -0.2) is 67.3 Å². The molecule has 0 unspecified atom stereocenters. The van der Waals surface area contributed by atoms with E-state index in [-0.39, 0.29) is 5.91 Å². The highest BCUT2D eigenvalue weighted by Gasteiger charge is 2.31. The number of amides is 1. The normalized spacial score (nSPS) is 16.7. The highest BCUT2D eigenvalue weighted by Crippen LogP contribution is 2.40. The average Bonchev–Trinajstić information content (AvgIpc) is 3.46. The summed E-state index contributed by atoms with van der Waals surface area (Å²) < 4.78 is 7.13. The number of piperazine rings is 1. The Morgan fingerprint density at radius 2 is 1.88 bits per heavy atom. The van der Waals surface area contributed by atoms with Crippen molar-refractivity contribution in [3.63, 3.8) is 0 Å². The summed E-state index contributed by atoms with van der Waals surface area (Å²) in [6.07, 6.45) is 2.21. The molecule has 1 saturated carbocycles. The molecule has 0 radical (unpaired) electrons. The molecule has 4 heterocycles. The van der Waals surface area contributed by atoms with Gasteiger partial charge in [0.1, 0.15) is 0 Å². The van der Waals surface area contributed by atoms with E-state index in [1.165, 1.54) is 0 Å². The van der Waals surface area contributed by atoms with Gasteiger partial charge in [0.05, 0.1) is 22.3 Å². The van der Waals surface area contributed by atoms with Crippen LogP contribution in [0, 0.1) is 6.92 Å². The fourth-order valence-electron chi connectivity index (χ4n) is 4.27. The third-order valence-electron chi connectivity index (χ3n) is 6.17. The van der Waals surface area contributed by atoms with E-state index in [4.69, 9.17) is 4.52 Å². The van der Waals surface area contributed by atoms with Gasteiger partial charge in [-0.3, -0.25) is 4.79 Å². The summed E-state index contributed by atoms with van der Waals surface area (Å²) in [4.78, 5) is 22.1. The quantitative estimate of drug-likeness (QED) is 0.486. The molecule has 10 heteroatoms. The lowest BCUT2D eigenvalue weighted by molar-refractivity contribution is 0.0748. The SMILES string of the molecule is Cc1noc2nc(C3CC3)cc(C(=O)N3CCN(c4nnnn4-c4ccccc4)CC3)c12. The van der Waals surface area contributed by atoms with Crippen LogP contribution in [0.25, 0.3) is 16.8 Å². The molecular formula is C22H22N8O2. The molecular weight excluding hydrogens is 408 g/mol. The molecule has 4 aromatic rings. The molecule has 1 aliphatic carbocycles. The van der Waals surface area contributed by atoms with Gasteiger partial charge in [-0.05, 0) is 48.4 Å². The zero-order valence-corrected chi connectivity index (χ0v) is 17.7. The van der Waals surface area contributed by atoms with Crippen LogP contribution in [0.3, 0.4) is 0 Å². The van der Waals surface area contributed by atoms with Gasteiger partial charge in [0.25, 0.3) is 11.6 Å². The van der Waals surface area contributed by atoms with Crippen molar-refractivity contribution in [2.24, 2.45) is 0 Å². The van der Waals surface area contributed by atoms with Gasteiger partial charge in [-0.1, -0.05) is 28.5 Å². The third-order valence-corrected chi connectivity index (χ3v) is 6.17. The smallest absolute Gasteiger partial charge is 0.259 e. The van der Waals surface area contributed by atoms with Gasteiger partial charge in [0, 0.05) is 37.8 Å². The van der Waals surface area contributed by atoms with Crippen molar-refractivity contribution >= 4 is 23.0 Å². The predicted molar refractivity (Wildman–Crippen MR) is 116 cm³/mol. The number of rotatable bonds is 4. The number of tetrazole rings is 1. The lowest BCUT2D eigenvalue weighted by atomic mass is 10.1. The number of anilines is 1. The number of aryl methyl sites for hydroxylation is 1. The molecule has 2 fully saturated rings. The van der Waals surface area contributed by atoms with E-state index in [1.54, 1.807) is 4.68 Å². The number of fused-ring (bicyclic) bond motifs is 1. The molecule has 32 heavy (non-hydrogen) atoms. The van der Waals surface area contributed by atoms with E-state index in [0.717, 1.165) is 29.6 Å². The maximum absolute atomic E-state index is 13.5. The van der Waals surface area contributed by atoms with Gasteiger partial charge < -0.3 is 14.3 Å². The first kappa shape index (κ1) is 18.9. The lowest BCUT2D eigenvalue weighted by Gasteiger charge is -2.35. The Morgan fingerprint density at radius 1 is 1.09 bits per heavy atom. The molecule has 1 amide bonds. The maximum atomic E-state index is 13.5. The Bertz CT molecular complexity index is 1290. The van der Waals surface area contributed by atoms with Crippen molar-refractivity contribution in [1.82, 2.24) is 35.2 Å². The molecule has 6 rings (SSSR count). The first-order valence-corrected chi connectivity index (χ1v) is 10.8. The third kappa shape index (κ3) is 3.19. The van der Waals surface area contributed by atoms with Gasteiger partial charge in [-0.15, -0.1) is 0 Å². The van der Waals surface area contributed by atoms with Crippen molar-refractivity contribution in [2.75, 3.05) is 31.1 Å². The minimum atomic E-state index is -0.00657.